The topological polar surface area (TPSA) is 64.1 Å². The van der Waals surface area contributed by atoms with Crippen molar-refractivity contribution in [2.75, 3.05) is 5.73 Å². The van der Waals surface area contributed by atoms with Crippen LogP contribution >= 0.6 is 0 Å². The van der Waals surface area contributed by atoms with Crippen molar-refractivity contribution in [1.82, 2.24) is 9.78 Å². The van der Waals surface area contributed by atoms with Crippen LogP contribution in [-0.2, 0) is 7.05 Å². The molecule has 0 spiro atoms. The Morgan fingerprint density at radius 3 is 2.28 bits per heavy atom. The second kappa shape index (κ2) is 4.05. The Bertz CT molecular complexity index is 627. The monoisotopic (exact) mass is 245 g/mol. The van der Waals surface area contributed by atoms with E-state index >= 15 is 0 Å². The molecule has 18 heavy (non-hydrogen) atoms. The van der Waals surface area contributed by atoms with Gasteiger partial charge in [0.05, 0.1) is 11.4 Å². The van der Waals surface area contributed by atoms with Gasteiger partial charge in [0.15, 0.2) is 0 Å². The van der Waals surface area contributed by atoms with Crippen LogP contribution in [0.1, 0.15) is 22.4 Å². The number of aromatic hydroxyl groups is 1. The van der Waals surface area contributed by atoms with Crippen LogP contribution < -0.4 is 5.73 Å². The van der Waals surface area contributed by atoms with Crippen LogP contribution in [0.4, 0.5) is 5.69 Å². The fourth-order valence-corrected chi connectivity index (χ4v) is 2.27. The second-order valence-corrected chi connectivity index (χ2v) is 4.83. The molecule has 0 aliphatic carbocycles. The summed E-state index contributed by atoms with van der Waals surface area (Å²) in [5, 5.41) is 14.5. The van der Waals surface area contributed by atoms with Gasteiger partial charge in [0.25, 0.3) is 0 Å². The molecule has 0 saturated carbocycles. The van der Waals surface area contributed by atoms with Gasteiger partial charge in [0.1, 0.15) is 5.75 Å². The summed E-state index contributed by atoms with van der Waals surface area (Å²) < 4.78 is 1.83. The molecule has 0 bridgehead atoms. The molecule has 1 aromatic carbocycles. The molecule has 0 amide bonds. The quantitative estimate of drug-likeness (QED) is 0.599. The van der Waals surface area contributed by atoms with Crippen molar-refractivity contribution < 1.29 is 5.11 Å². The molecule has 0 unspecified atom stereocenters. The first-order valence-corrected chi connectivity index (χ1v) is 5.93. The van der Waals surface area contributed by atoms with E-state index in [0.717, 1.165) is 33.6 Å². The van der Waals surface area contributed by atoms with Crippen LogP contribution in [0.5, 0.6) is 5.75 Å². The summed E-state index contributed by atoms with van der Waals surface area (Å²) in [6.07, 6.45) is 0. The molecule has 0 aliphatic rings. The second-order valence-electron chi connectivity index (χ2n) is 4.83. The number of aromatic nitrogens is 2. The summed E-state index contributed by atoms with van der Waals surface area (Å²) in [4.78, 5) is 0. The van der Waals surface area contributed by atoms with Gasteiger partial charge in [0, 0.05) is 18.3 Å². The Hall–Kier alpha value is -1.97. The Morgan fingerprint density at radius 2 is 1.78 bits per heavy atom. The predicted molar refractivity (Wildman–Crippen MR) is 73.7 cm³/mol. The van der Waals surface area contributed by atoms with Gasteiger partial charge in [0.2, 0.25) is 0 Å². The molecular weight excluding hydrogens is 226 g/mol. The van der Waals surface area contributed by atoms with E-state index in [1.807, 2.05) is 45.5 Å². The van der Waals surface area contributed by atoms with E-state index in [0.29, 0.717) is 5.69 Å². The molecular formula is C14H19N3O. The Morgan fingerprint density at radius 1 is 1.17 bits per heavy atom. The van der Waals surface area contributed by atoms with E-state index in [4.69, 9.17) is 5.73 Å². The lowest BCUT2D eigenvalue weighted by atomic mass is 9.97. The molecule has 96 valence electrons. The van der Waals surface area contributed by atoms with Crippen LogP contribution in [0.3, 0.4) is 0 Å². The SMILES string of the molecule is Cc1cc(C)c(-c2nn(C)c(C)c2C)c(N)c1O. The molecule has 2 rings (SSSR count). The number of nitrogens with two attached hydrogens (primary N) is 1. The van der Waals surface area contributed by atoms with Crippen molar-refractivity contribution in [3.8, 4) is 17.0 Å². The fourth-order valence-electron chi connectivity index (χ4n) is 2.27. The van der Waals surface area contributed by atoms with Gasteiger partial charge < -0.3 is 10.8 Å². The zero-order valence-corrected chi connectivity index (χ0v) is 11.5. The fraction of sp³-hybridized carbons (Fsp3) is 0.357. The first-order valence-electron chi connectivity index (χ1n) is 5.93. The molecule has 0 aliphatic heterocycles. The number of phenolic OH excluding ortho intramolecular Hbond substituents is 1. The summed E-state index contributed by atoms with van der Waals surface area (Å²) in [5.41, 5.74) is 12.2. The number of phenols is 1. The number of nitrogens with zero attached hydrogens (tertiary/aromatic N) is 2. The van der Waals surface area contributed by atoms with E-state index in [1.165, 1.54) is 0 Å². The molecule has 0 saturated heterocycles. The van der Waals surface area contributed by atoms with E-state index in [-0.39, 0.29) is 5.75 Å². The maximum Gasteiger partial charge on any atom is 0.142 e. The van der Waals surface area contributed by atoms with Crippen molar-refractivity contribution in [2.24, 2.45) is 7.05 Å². The summed E-state index contributed by atoms with van der Waals surface area (Å²) >= 11 is 0. The maximum absolute atomic E-state index is 9.98. The smallest absolute Gasteiger partial charge is 0.142 e. The number of aryl methyl sites for hydroxylation is 3. The minimum Gasteiger partial charge on any atom is -0.505 e. The summed E-state index contributed by atoms with van der Waals surface area (Å²) in [7, 11) is 1.91. The van der Waals surface area contributed by atoms with Gasteiger partial charge in [-0.3, -0.25) is 4.68 Å². The largest absolute Gasteiger partial charge is 0.505 e. The first-order chi connectivity index (χ1) is 8.34. The minimum absolute atomic E-state index is 0.151. The van der Waals surface area contributed by atoms with Gasteiger partial charge in [-0.25, -0.2) is 0 Å². The molecule has 1 aromatic heterocycles. The average molecular weight is 245 g/mol. The molecule has 0 atom stereocenters. The van der Waals surface area contributed by atoms with Crippen LogP contribution in [0, 0.1) is 27.7 Å². The van der Waals surface area contributed by atoms with Crippen molar-refractivity contribution >= 4 is 5.69 Å². The Labute approximate surface area is 107 Å². The average Bonchev–Trinajstić information content (AvgIpc) is 2.55. The Balaban J connectivity index is 2.79. The minimum atomic E-state index is 0.151. The molecule has 4 nitrogen and oxygen atoms in total. The highest BCUT2D eigenvalue weighted by molar-refractivity contribution is 5.84. The van der Waals surface area contributed by atoms with Crippen molar-refractivity contribution in [3.05, 3.63) is 28.5 Å². The predicted octanol–water partition coefficient (Wildman–Crippen LogP) is 2.61. The third-order valence-corrected chi connectivity index (χ3v) is 3.60. The lowest BCUT2D eigenvalue weighted by Gasteiger charge is -2.12. The highest BCUT2D eigenvalue weighted by atomic mass is 16.3. The van der Waals surface area contributed by atoms with Crippen LogP contribution in [0.15, 0.2) is 6.07 Å². The van der Waals surface area contributed by atoms with Crippen LogP contribution in [0.25, 0.3) is 11.3 Å². The number of benzene rings is 1. The zero-order chi connectivity index (χ0) is 13.6. The Kier molecular flexibility index (Phi) is 2.81. The number of nitrogen functional groups attached to an aromatic ring is 1. The van der Waals surface area contributed by atoms with Gasteiger partial charge in [-0.05, 0) is 44.4 Å². The number of anilines is 1. The van der Waals surface area contributed by atoms with Crippen molar-refractivity contribution in [1.29, 1.82) is 0 Å². The van der Waals surface area contributed by atoms with Gasteiger partial charge in [-0.2, -0.15) is 5.10 Å². The van der Waals surface area contributed by atoms with E-state index < -0.39 is 0 Å². The zero-order valence-electron chi connectivity index (χ0n) is 11.5. The van der Waals surface area contributed by atoms with Crippen LogP contribution in [0.2, 0.25) is 0 Å². The highest BCUT2D eigenvalue weighted by Crippen LogP contribution is 2.39. The summed E-state index contributed by atoms with van der Waals surface area (Å²) in [6, 6.07) is 1.93. The summed E-state index contributed by atoms with van der Waals surface area (Å²) in [5.74, 6) is 0.151. The number of hydrogen-bond acceptors (Lipinski definition) is 3. The standard InChI is InChI=1S/C14H19N3O/c1-7-6-8(2)14(18)12(15)11(7)13-9(3)10(4)17(5)16-13/h6,18H,15H2,1-5H3. The normalized spacial score (nSPS) is 10.9. The van der Waals surface area contributed by atoms with Gasteiger partial charge in [-0.15, -0.1) is 0 Å². The van der Waals surface area contributed by atoms with E-state index in [2.05, 4.69) is 5.10 Å². The third kappa shape index (κ3) is 1.65. The molecule has 0 radical (unpaired) electrons. The summed E-state index contributed by atoms with van der Waals surface area (Å²) in [6.45, 7) is 7.87. The third-order valence-electron chi connectivity index (χ3n) is 3.60. The van der Waals surface area contributed by atoms with E-state index in [1.54, 1.807) is 0 Å². The lowest BCUT2D eigenvalue weighted by molar-refractivity contribution is 0.474. The van der Waals surface area contributed by atoms with Crippen LogP contribution in [-0.4, -0.2) is 14.9 Å². The van der Waals surface area contributed by atoms with Gasteiger partial charge >= 0.3 is 0 Å². The number of rotatable bonds is 1. The van der Waals surface area contributed by atoms with Gasteiger partial charge in [-0.1, -0.05) is 6.07 Å². The molecule has 3 N–H and O–H groups in total. The number of hydrogen-bond donors (Lipinski definition) is 2. The van der Waals surface area contributed by atoms with Crippen molar-refractivity contribution in [2.45, 2.75) is 27.7 Å². The van der Waals surface area contributed by atoms with E-state index in [9.17, 15) is 5.11 Å². The molecule has 4 heteroatoms. The molecule has 0 fully saturated rings. The molecule has 2 aromatic rings. The maximum atomic E-state index is 9.98. The highest BCUT2D eigenvalue weighted by Gasteiger charge is 2.18. The van der Waals surface area contributed by atoms with Crippen molar-refractivity contribution in [3.63, 3.8) is 0 Å². The first kappa shape index (κ1) is 12.5. The lowest BCUT2D eigenvalue weighted by Crippen LogP contribution is -1.98. The molecule has 1 heterocycles.